The summed E-state index contributed by atoms with van der Waals surface area (Å²) in [5.74, 6) is 0. The summed E-state index contributed by atoms with van der Waals surface area (Å²) in [6, 6.07) is 7.35. The van der Waals surface area contributed by atoms with Crippen LogP contribution in [0.1, 0.15) is 0 Å². The van der Waals surface area contributed by atoms with Crippen LogP contribution in [0.15, 0.2) is 44.2 Å². The number of hydrogen-bond acceptors (Lipinski definition) is 3. The third-order valence-electron chi connectivity index (χ3n) is 2.66. The van der Waals surface area contributed by atoms with Gasteiger partial charge in [0, 0.05) is 22.2 Å². The fourth-order valence-electron chi connectivity index (χ4n) is 1.97. The van der Waals surface area contributed by atoms with Gasteiger partial charge in [0.25, 0.3) is 0 Å². The van der Waals surface area contributed by atoms with Crippen molar-refractivity contribution in [2.75, 3.05) is 6.26 Å². The number of benzene rings is 1. The van der Waals surface area contributed by atoms with E-state index in [1.165, 1.54) is 24.3 Å². The Morgan fingerprint density at radius 2 is 2.18 bits per heavy atom. The van der Waals surface area contributed by atoms with Crippen LogP contribution in [0.5, 0.6) is 0 Å². The second-order valence-corrected chi connectivity index (χ2v) is 5.25. The van der Waals surface area contributed by atoms with Crippen molar-refractivity contribution in [1.82, 2.24) is 3.97 Å². The second-order valence-electron chi connectivity index (χ2n) is 3.60. The molecule has 5 heteroatoms. The molecule has 3 aromatic rings. The van der Waals surface area contributed by atoms with Crippen molar-refractivity contribution in [3.05, 3.63) is 45.2 Å². The summed E-state index contributed by atoms with van der Waals surface area (Å²) in [7, 11) is 0. The van der Waals surface area contributed by atoms with Gasteiger partial charge >= 0.3 is 0 Å². The third-order valence-corrected chi connectivity index (χ3v) is 3.90. The van der Waals surface area contributed by atoms with Crippen LogP contribution < -0.4 is 5.43 Å². The number of halogens is 1. The Morgan fingerprint density at radius 3 is 2.94 bits per heavy atom. The number of rotatable bonds is 1. The van der Waals surface area contributed by atoms with Crippen LogP contribution in [-0.4, -0.2) is 10.2 Å². The molecule has 1 aromatic carbocycles. The van der Waals surface area contributed by atoms with Gasteiger partial charge in [0.1, 0.15) is 5.52 Å². The normalized spacial score (nSPS) is 11.4. The molecule has 0 radical (unpaired) electrons. The molecule has 0 unspecified atom stereocenters. The summed E-state index contributed by atoms with van der Waals surface area (Å²) in [5, 5.41) is 0.946. The summed E-state index contributed by atoms with van der Waals surface area (Å²) in [6.07, 6.45) is 3.38. The minimum atomic E-state index is -0.0204. The van der Waals surface area contributed by atoms with Crippen LogP contribution in [0, 0.1) is 0 Å². The van der Waals surface area contributed by atoms with Crippen molar-refractivity contribution in [1.29, 1.82) is 0 Å². The predicted molar refractivity (Wildman–Crippen MR) is 74.6 cm³/mol. The molecule has 0 spiro atoms. The molecule has 3 rings (SSSR count). The maximum atomic E-state index is 11.9. The van der Waals surface area contributed by atoms with Crippen LogP contribution >= 0.6 is 27.9 Å². The number of aromatic nitrogens is 1. The fraction of sp³-hybridized carbons (Fsp3) is 0.0833. The monoisotopic (exact) mass is 309 g/mol. The minimum absolute atomic E-state index is 0.0204. The van der Waals surface area contributed by atoms with Gasteiger partial charge in [0.2, 0.25) is 5.43 Å². The Bertz CT molecular complexity index is 775. The van der Waals surface area contributed by atoms with Gasteiger partial charge < -0.3 is 4.42 Å². The molecular formula is C12H8BrNO2S. The van der Waals surface area contributed by atoms with Crippen LogP contribution in [-0.2, 0) is 0 Å². The maximum absolute atomic E-state index is 11.9. The highest BCUT2D eigenvalue weighted by Crippen LogP contribution is 2.31. The van der Waals surface area contributed by atoms with Crippen molar-refractivity contribution < 1.29 is 4.42 Å². The summed E-state index contributed by atoms with van der Waals surface area (Å²) >= 11 is 4.93. The summed E-state index contributed by atoms with van der Waals surface area (Å²) in [4.78, 5) is 11.9. The lowest BCUT2D eigenvalue weighted by Gasteiger charge is -1.99. The SMILES string of the molecule is CSn1c2ccc(Br)cc2c2occc(=O)c21. The van der Waals surface area contributed by atoms with Gasteiger partial charge in [-0.15, -0.1) is 0 Å². The highest BCUT2D eigenvalue weighted by molar-refractivity contribution is 9.10. The Kier molecular flexibility index (Phi) is 2.52. The zero-order valence-corrected chi connectivity index (χ0v) is 11.3. The Balaban J connectivity index is 2.67. The molecule has 0 saturated heterocycles. The molecule has 0 N–H and O–H groups in total. The molecule has 0 amide bonds. The van der Waals surface area contributed by atoms with Crippen LogP contribution in [0.3, 0.4) is 0 Å². The Hall–Kier alpha value is -1.20. The van der Waals surface area contributed by atoms with Crippen LogP contribution in [0.4, 0.5) is 0 Å². The highest BCUT2D eigenvalue weighted by Gasteiger charge is 2.14. The molecule has 0 saturated carbocycles. The first-order valence-electron chi connectivity index (χ1n) is 4.98. The molecule has 86 valence electrons. The Labute approximate surface area is 110 Å². The zero-order chi connectivity index (χ0) is 12.0. The van der Waals surface area contributed by atoms with Gasteiger partial charge in [-0.2, -0.15) is 0 Å². The molecule has 2 heterocycles. The maximum Gasteiger partial charge on any atom is 0.210 e. The average molecular weight is 310 g/mol. The molecule has 2 aromatic heterocycles. The summed E-state index contributed by atoms with van der Waals surface area (Å²) in [5.41, 5.74) is 2.21. The van der Waals surface area contributed by atoms with Gasteiger partial charge in [-0.05, 0) is 30.1 Å². The van der Waals surface area contributed by atoms with E-state index < -0.39 is 0 Å². The largest absolute Gasteiger partial charge is 0.462 e. The van der Waals surface area contributed by atoms with Crippen molar-refractivity contribution in [3.8, 4) is 0 Å². The van der Waals surface area contributed by atoms with Crippen molar-refractivity contribution in [2.45, 2.75) is 0 Å². The smallest absolute Gasteiger partial charge is 0.210 e. The molecule has 3 nitrogen and oxygen atoms in total. The molecular weight excluding hydrogens is 302 g/mol. The van der Waals surface area contributed by atoms with E-state index >= 15 is 0 Å². The lowest BCUT2D eigenvalue weighted by atomic mass is 10.2. The summed E-state index contributed by atoms with van der Waals surface area (Å²) < 4.78 is 8.36. The molecule has 0 aliphatic carbocycles. The average Bonchev–Trinajstić information content (AvgIpc) is 2.64. The van der Waals surface area contributed by atoms with E-state index in [1.807, 2.05) is 28.4 Å². The molecule has 0 fully saturated rings. The van der Waals surface area contributed by atoms with E-state index in [9.17, 15) is 4.79 Å². The molecule has 0 bridgehead atoms. The van der Waals surface area contributed by atoms with Gasteiger partial charge in [-0.25, -0.2) is 0 Å². The van der Waals surface area contributed by atoms with Gasteiger partial charge in [0.05, 0.1) is 11.8 Å². The van der Waals surface area contributed by atoms with E-state index in [4.69, 9.17) is 4.42 Å². The van der Waals surface area contributed by atoms with E-state index in [0.717, 1.165) is 15.4 Å². The number of fused-ring (bicyclic) bond motifs is 3. The van der Waals surface area contributed by atoms with Gasteiger partial charge in [-0.1, -0.05) is 15.9 Å². The predicted octanol–water partition coefficient (Wildman–Crippen LogP) is 3.64. The highest BCUT2D eigenvalue weighted by atomic mass is 79.9. The first-order chi connectivity index (χ1) is 8.22. The zero-order valence-electron chi connectivity index (χ0n) is 8.94. The van der Waals surface area contributed by atoms with Crippen molar-refractivity contribution in [2.24, 2.45) is 0 Å². The number of hydrogen-bond donors (Lipinski definition) is 0. The third kappa shape index (κ3) is 1.53. The van der Waals surface area contributed by atoms with Gasteiger partial charge in [0.15, 0.2) is 5.58 Å². The van der Waals surface area contributed by atoms with Crippen molar-refractivity contribution >= 4 is 49.9 Å². The second kappa shape index (κ2) is 3.92. The minimum Gasteiger partial charge on any atom is -0.462 e. The lowest BCUT2D eigenvalue weighted by Crippen LogP contribution is -2.01. The lowest BCUT2D eigenvalue weighted by molar-refractivity contribution is 0.606. The number of nitrogens with zero attached hydrogens (tertiary/aromatic N) is 1. The van der Waals surface area contributed by atoms with Crippen LogP contribution in [0.25, 0.3) is 22.0 Å². The molecule has 17 heavy (non-hydrogen) atoms. The molecule has 0 aliphatic rings. The van der Waals surface area contributed by atoms with E-state index in [0.29, 0.717) is 11.1 Å². The first-order valence-corrected chi connectivity index (χ1v) is 6.96. The van der Waals surface area contributed by atoms with Gasteiger partial charge in [-0.3, -0.25) is 8.77 Å². The van der Waals surface area contributed by atoms with Crippen molar-refractivity contribution in [3.63, 3.8) is 0 Å². The quantitative estimate of drug-likeness (QED) is 0.688. The summed E-state index contributed by atoms with van der Waals surface area (Å²) in [6.45, 7) is 0. The topological polar surface area (TPSA) is 35.1 Å². The van der Waals surface area contributed by atoms with E-state index in [2.05, 4.69) is 15.9 Å². The van der Waals surface area contributed by atoms with E-state index in [1.54, 1.807) is 0 Å². The van der Waals surface area contributed by atoms with E-state index in [-0.39, 0.29) is 5.43 Å². The standard InChI is InChI=1S/C12H8BrNO2S/c1-17-14-9-3-2-7(13)6-8(9)12-11(14)10(15)4-5-16-12/h2-6H,1H3. The first kappa shape index (κ1) is 10.9. The van der Waals surface area contributed by atoms with Crippen LogP contribution in [0.2, 0.25) is 0 Å². The molecule has 0 aliphatic heterocycles. The fourth-order valence-corrected chi connectivity index (χ4v) is 3.04. The Morgan fingerprint density at radius 1 is 1.35 bits per heavy atom. The molecule has 0 atom stereocenters.